The smallest absolute Gasteiger partial charge is 0.266 e. The van der Waals surface area contributed by atoms with Crippen LogP contribution in [-0.4, -0.2) is 27.3 Å². The van der Waals surface area contributed by atoms with Gasteiger partial charge in [0.2, 0.25) is 5.91 Å². The Bertz CT molecular complexity index is 1070. The summed E-state index contributed by atoms with van der Waals surface area (Å²) in [5.41, 5.74) is 2.37. The fourth-order valence-corrected chi connectivity index (χ4v) is 4.06. The van der Waals surface area contributed by atoms with Crippen LogP contribution in [0.3, 0.4) is 0 Å². The van der Waals surface area contributed by atoms with Crippen molar-refractivity contribution in [2.75, 3.05) is 5.75 Å². The predicted molar refractivity (Wildman–Crippen MR) is 124 cm³/mol. The van der Waals surface area contributed by atoms with Gasteiger partial charge in [-0.15, -0.1) is 0 Å². The van der Waals surface area contributed by atoms with E-state index in [9.17, 15) is 9.59 Å². The summed E-state index contributed by atoms with van der Waals surface area (Å²) in [7, 11) is 0. The van der Waals surface area contributed by atoms with E-state index in [-0.39, 0.29) is 23.3 Å². The Morgan fingerprint density at radius 1 is 1.07 bits per heavy atom. The Morgan fingerprint density at radius 3 is 2.47 bits per heavy atom. The molecule has 0 saturated heterocycles. The van der Waals surface area contributed by atoms with Crippen LogP contribution in [0.4, 0.5) is 0 Å². The van der Waals surface area contributed by atoms with E-state index in [1.165, 1.54) is 11.8 Å². The zero-order valence-corrected chi connectivity index (χ0v) is 18.8. The van der Waals surface area contributed by atoms with Crippen molar-refractivity contribution in [3.05, 3.63) is 64.4 Å². The van der Waals surface area contributed by atoms with E-state index < -0.39 is 0 Å². The van der Waals surface area contributed by atoms with Crippen molar-refractivity contribution in [3.63, 3.8) is 0 Å². The fraction of sp³-hybridized carbons (Fsp3) is 0.375. The lowest BCUT2D eigenvalue weighted by molar-refractivity contribution is -0.119. The molecule has 2 aromatic carbocycles. The number of hydrogen-bond donors (Lipinski definition) is 1. The van der Waals surface area contributed by atoms with Gasteiger partial charge in [0, 0.05) is 6.04 Å². The number of aryl methyl sites for hydroxylation is 1. The number of rotatable bonds is 8. The minimum Gasteiger partial charge on any atom is -0.353 e. The highest BCUT2D eigenvalue weighted by Crippen LogP contribution is 2.21. The molecule has 5 nitrogen and oxygen atoms in total. The lowest BCUT2D eigenvalue weighted by Gasteiger charge is -2.16. The van der Waals surface area contributed by atoms with Gasteiger partial charge in [-0.1, -0.05) is 55.4 Å². The van der Waals surface area contributed by atoms with E-state index in [0.717, 1.165) is 24.1 Å². The lowest BCUT2D eigenvalue weighted by atomic mass is 10.0. The summed E-state index contributed by atoms with van der Waals surface area (Å²) in [6.07, 6.45) is 2.03. The quantitative estimate of drug-likeness (QED) is 0.420. The maximum Gasteiger partial charge on any atom is 0.266 e. The molecule has 1 aromatic heterocycles. The monoisotopic (exact) mass is 423 g/mol. The molecular formula is C24H29N3O2S. The van der Waals surface area contributed by atoms with Crippen LogP contribution in [0.25, 0.3) is 16.6 Å². The number of benzene rings is 2. The van der Waals surface area contributed by atoms with Gasteiger partial charge in [0.05, 0.1) is 22.3 Å². The molecule has 0 aliphatic rings. The highest BCUT2D eigenvalue weighted by atomic mass is 32.2. The van der Waals surface area contributed by atoms with Crippen molar-refractivity contribution >= 4 is 28.6 Å². The van der Waals surface area contributed by atoms with Crippen molar-refractivity contribution < 1.29 is 4.79 Å². The Kier molecular flexibility index (Phi) is 7.32. The minimum absolute atomic E-state index is 0.0471. The second kappa shape index (κ2) is 9.94. The first-order valence-corrected chi connectivity index (χ1v) is 11.3. The summed E-state index contributed by atoms with van der Waals surface area (Å²) < 4.78 is 1.60. The first-order valence-electron chi connectivity index (χ1n) is 10.4. The highest BCUT2D eigenvalue weighted by molar-refractivity contribution is 7.99. The third kappa shape index (κ3) is 5.51. The molecule has 158 valence electrons. The lowest BCUT2D eigenvalue weighted by Crippen LogP contribution is -2.34. The van der Waals surface area contributed by atoms with Crippen LogP contribution >= 0.6 is 11.8 Å². The van der Waals surface area contributed by atoms with Crippen LogP contribution in [-0.2, 0) is 4.79 Å². The van der Waals surface area contributed by atoms with Gasteiger partial charge in [-0.05, 0) is 56.9 Å². The molecular weight excluding hydrogens is 394 g/mol. The fourth-order valence-electron chi connectivity index (χ4n) is 3.23. The van der Waals surface area contributed by atoms with Crippen molar-refractivity contribution in [3.8, 4) is 5.69 Å². The number of nitrogens with zero attached hydrogens (tertiary/aromatic N) is 2. The molecule has 0 fully saturated rings. The molecule has 6 heteroatoms. The molecule has 1 N–H and O–H groups in total. The number of aromatic nitrogens is 2. The number of carbonyl (C=O) groups excluding carboxylic acids is 1. The summed E-state index contributed by atoms with van der Waals surface area (Å²) in [4.78, 5) is 30.4. The van der Waals surface area contributed by atoms with Gasteiger partial charge in [0.25, 0.3) is 5.56 Å². The Hall–Kier alpha value is -2.60. The number of para-hydroxylation sites is 1. The molecule has 30 heavy (non-hydrogen) atoms. The SMILES string of the molecule is Cc1ccc(-n2c(SCC(=O)N[C@H](C)CCC(C)C)nc3ccccc3c2=O)cc1. The van der Waals surface area contributed by atoms with Gasteiger partial charge < -0.3 is 5.32 Å². The standard InChI is InChI=1S/C24H29N3O2S/c1-16(2)9-12-18(4)25-22(28)15-30-24-26-21-8-6-5-7-20(21)23(29)27(24)19-13-10-17(3)11-14-19/h5-8,10-11,13-14,16,18H,9,12,15H2,1-4H3,(H,25,28)/t18-/m1/s1. The van der Waals surface area contributed by atoms with Gasteiger partial charge in [-0.3, -0.25) is 14.2 Å². The van der Waals surface area contributed by atoms with Gasteiger partial charge >= 0.3 is 0 Å². The summed E-state index contributed by atoms with van der Waals surface area (Å²) in [5.74, 6) is 0.779. The first-order chi connectivity index (χ1) is 14.3. The summed E-state index contributed by atoms with van der Waals surface area (Å²) in [6.45, 7) is 8.40. The molecule has 0 saturated carbocycles. The highest BCUT2D eigenvalue weighted by Gasteiger charge is 2.15. The van der Waals surface area contributed by atoms with Crippen molar-refractivity contribution in [1.82, 2.24) is 14.9 Å². The van der Waals surface area contributed by atoms with Crippen LogP contribution in [0.15, 0.2) is 58.5 Å². The van der Waals surface area contributed by atoms with Crippen LogP contribution < -0.4 is 10.9 Å². The summed E-state index contributed by atoms with van der Waals surface area (Å²) >= 11 is 1.29. The van der Waals surface area contributed by atoms with Crippen molar-refractivity contribution in [1.29, 1.82) is 0 Å². The van der Waals surface area contributed by atoms with E-state index in [2.05, 4.69) is 19.2 Å². The number of amides is 1. The maximum atomic E-state index is 13.2. The second-order valence-electron chi connectivity index (χ2n) is 8.12. The minimum atomic E-state index is -0.127. The number of fused-ring (bicyclic) bond motifs is 1. The van der Waals surface area contributed by atoms with Gasteiger partial charge in [0.15, 0.2) is 5.16 Å². The molecule has 3 rings (SSSR count). The van der Waals surface area contributed by atoms with Crippen LogP contribution in [0.1, 0.15) is 39.2 Å². The molecule has 0 unspecified atom stereocenters. The average molecular weight is 424 g/mol. The summed E-state index contributed by atoms with van der Waals surface area (Å²) in [6, 6.07) is 15.2. The van der Waals surface area contributed by atoms with Gasteiger partial charge in [0.1, 0.15) is 0 Å². The molecule has 0 radical (unpaired) electrons. The molecule has 0 bridgehead atoms. The third-order valence-corrected chi connectivity index (χ3v) is 5.89. The van der Waals surface area contributed by atoms with E-state index in [0.29, 0.717) is 22.0 Å². The van der Waals surface area contributed by atoms with Crippen molar-refractivity contribution in [2.45, 2.75) is 51.7 Å². The molecule has 0 spiro atoms. The van der Waals surface area contributed by atoms with E-state index in [1.807, 2.05) is 56.3 Å². The van der Waals surface area contributed by atoms with E-state index >= 15 is 0 Å². The molecule has 1 heterocycles. The van der Waals surface area contributed by atoms with Gasteiger partial charge in [-0.2, -0.15) is 0 Å². The zero-order chi connectivity index (χ0) is 21.7. The molecule has 3 aromatic rings. The maximum absolute atomic E-state index is 13.2. The number of nitrogens with one attached hydrogen (secondary N) is 1. The topological polar surface area (TPSA) is 64.0 Å². The Labute approximate surface area is 181 Å². The summed E-state index contributed by atoms with van der Waals surface area (Å²) in [5, 5.41) is 4.13. The van der Waals surface area contributed by atoms with E-state index in [1.54, 1.807) is 10.6 Å². The third-order valence-electron chi connectivity index (χ3n) is 4.95. The van der Waals surface area contributed by atoms with Crippen LogP contribution in [0.5, 0.6) is 0 Å². The van der Waals surface area contributed by atoms with Crippen LogP contribution in [0.2, 0.25) is 0 Å². The normalized spacial score (nSPS) is 12.3. The van der Waals surface area contributed by atoms with Crippen molar-refractivity contribution in [2.24, 2.45) is 5.92 Å². The van der Waals surface area contributed by atoms with Crippen LogP contribution in [0, 0.1) is 12.8 Å². The molecule has 1 atom stereocenters. The number of carbonyl (C=O) groups is 1. The zero-order valence-electron chi connectivity index (χ0n) is 18.0. The predicted octanol–water partition coefficient (Wildman–Crippen LogP) is 4.73. The van der Waals surface area contributed by atoms with E-state index in [4.69, 9.17) is 4.98 Å². The van der Waals surface area contributed by atoms with Gasteiger partial charge in [-0.25, -0.2) is 4.98 Å². The first kappa shape index (κ1) is 22.1. The molecule has 0 aliphatic heterocycles. The average Bonchev–Trinajstić information content (AvgIpc) is 2.72. The molecule has 0 aliphatic carbocycles. The molecule has 1 amide bonds. The number of hydrogen-bond acceptors (Lipinski definition) is 4. The Balaban J connectivity index is 1.85. The largest absolute Gasteiger partial charge is 0.353 e. The number of thioether (sulfide) groups is 1. The second-order valence-corrected chi connectivity index (χ2v) is 9.06. The Morgan fingerprint density at radius 2 is 1.77 bits per heavy atom.